The molecular formula is C21H26N2O7S2. The normalized spacial score (nSPS) is 17.1. The Balaban J connectivity index is 1.30. The smallest absolute Gasteiger partial charge is 0.243 e. The zero-order chi connectivity index (χ0) is 22.6. The highest BCUT2D eigenvalue weighted by Gasteiger charge is 2.25. The van der Waals surface area contributed by atoms with E-state index in [4.69, 9.17) is 14.2 Å². The van der Waals surface area contributed by atoms with Gasteiger partial charge in [-0.1, -0.05) is 6.42 Å². The van der Waals surface area contributed by atoms with E-state index >= 15 is 0 Å². The van der Waals surface area contributed by atoms with Gasteiger partial charge in [0.05, 0.1) is 9.79 Å². The molecule has 0 spiro atoms. The Bertz CT molecular complexity index is 1140. The van der Waals surface area contributed by atoms with Gasteiger partial charge in [0.2, 0.25) is 20.0 Å². The molecule has 0 unspecified atom stereocenters. The summed E-state index contributed by atoms with van der Waals surface area (Å²) in [7, 11) is -7.23. The predicted octanol–water partition coefficient (Wildman–Crippen LogP) is 1.99. The van der Waals surface area contributed by atoms with E-state index in [9.17, 15) is 16.8 Å². The van der Waals surface area contributed by atoms with Crippen LogP contribution < -0.4 is 18.9 Å². The first-order chi connectivity index (χ1) is 15.4. The van der Waals surface area contributed by atoms with Crippen molar-refractivity contribution in [3.05, 3.63) is 42.5 Å². The standard InChI is InChI=1S/C21H26N2O7S2/c24-31(25,19-8-9-20-21(16-19)30-15-14-29-20)22-10-13-28-17-4-6-18(7-5-17)32(26,27)23-11-2-1-3-12-23/h4-9,16,22H,1-3,10-15H2. The molecule has 174 valence electrons. The van der Waals surface area contributed by atoms with E-state index in [-0.39, 0.29) is 22.9 Å². The van der Waals surface area contributed by atoms with Gasteiger partial charge in [-0.2, -0.15) is 4.31 Å². The molecule has 2 heterocycles. The molecule has 32 heavy (non-hydrogen) atoms. The molecule has 2 aliphatic heterocycles. The molecule has 1 fully saturated rings. The number of piperidine rings is 1. The van der Waals surface area contributed by atoms with Crippen molar-refractivity contribution in [2.24, 2.45) is 0 Å². The lowest BCUT2D eigenvalue weighted by molar-refractivity contribution is 0.171. The number of fused-ring (bicyclic) bond motifs is 1. The lowest BCUT2D eigenvalue weighted by atomic mass is 10.2. The molecule has 0 aliphatic carbocycles. The maximum Gasteiger partial charge on any atom is 0.243 e. The Morgan fingerprint density at radius 1 is 0.844 bits per heavy atom. The predicted molar refractivity (Wildman–Crippen MR) is 117 cm³/mol. The van der Waals surface area contributed by atoms with Gasteiger partial charge >= 0.3 is 0 Å². The van der Waals surface area contributed by atoms with E-state index in [1.807, 2.05) is 0 Å². The molecule has 0 amide bonds. The maximum absolute atomic E-state index is 12.7. The molecule has 0 atom stereocenters. The van der Waals surface area contributed by atoms with Crippen molar-refractivity contribution in [1.29, 1.82) is 0 Å². The second-order valence-electron chi connectivity index (χ2n) is 7.49. The molecule has 11 heteroatoms. The van der Waals surface area contributed by atoms with Crippen molar-refractivity contribution < 1.29 is 31.0 Å². The van der Waals surface area contributed by atoms with Crippen molar-refractivity contribution in [1.82, 2.24) is 9.03 Å². The Labute approximate surface area is 188 Å². The van der Waals surface area contributed by atoms with Crippen LogP contribution in [0.4, 0.5) is 0 Å². The molecule has 1 saturated heterocycles. The fraction of sp³-hybridized carbons (Fsp3) is 0.429. The SMILES string of the molecule is O=S(=O)(NCCOc1ccc(S(=O)(=O)N2CCCCC2)cc1)c1ccc2c(c1)OCCO2. The van der Waals surface area contributed by atoms with Gasteiger partial charge in [0.1, 0.15) is 25.6 Å². The molecule has 0 aromatic heterocycles. The summed E-state index contributed by atoms with van der Waals surface area (Å²) in [6.07, 6.45) is 2.81. The number of rotatable bonds is 8. The van der Waals surface area contributed by atoms with Crippen LogP contribution in [0.5, 0.6) is 17.2 Å². The Hall–Kier alpha value is -2.34. The second-order valence-corrected chi connectivity index (χ2v) is 11.2. The fourth-order valence-corrected chi connectivity index (χ4v) is 6.13. The number of hydrogen-bond donors (Lipinski definition) is 1. The van der Waals surface area contributed by atoms with Crippen molar-refractivity contribution >= 4 is 20.0 Å². The number of nitrogens with zero attached hydrogens (tertiary/aromatic N) is 1. The van der Waals surface area contributed by atoms with Gasteiger partial charge < -0.3 is 14.2 Å². The van der Waals surface area contributed by atoms with Gasteiger partial charge in [0.25, 0.3) is 0 Å². The van der Waals surface area contributed by atoms with Crippen molar-refractivity contribution in [3.8, 4) is 17.2 Å². The molecular weight excluding hydrogens is 456 g/mol. The van der Waals surface area contributed by atoms with E-state index in [1.54, 1.807) is 18.2 Å². The van der Waals surface area contributed by atoms with E-state index in [0.717, 1.165) is 19.3 Å². The van der Waals surface area contributed by atoms with Crippen LogP contribution in [0.15, 0.2) is 52.3 Å². The second kappa shape index (κ2) is 9.65. The van der Waals surface area contributed by atoms with Crippen LogP contribution in [0.25, 0.3) is 0 Å². The van der Waals surface area contributed by atoms with Gasteiger partial charge in [-0.05, 0) is 49.2 Å². The maximum atomic E-state index is 12.7. The van der Waals surface area contributed by atoms with Crippen LogP contribution in [-0.4, -0.2) is 60.6 Å². The van der Waals surface area contributed by atoms with E-state index < -0.39 is 20.0 Å². The third-order valence-electron chi connectivity index (χ3n) is 5.26. The van der Waals surface area contributed by atoms with E-state index in [2.05, 4.69) is 4.72 Å². The minimum atomic E-state index is -3.74. The van der Waals surface area contributed by atoms with Crippen LogP contribution >= 0.6 is 0 Å². The van der Waals surface area contributed by atoms with Gasteiger partial charge in [-0.25, -0.2) is 21.6 Å². The quantitative estimate of drug-likeness (QED) is 0.573. The summed E-state index contributed by atoms with van der Waals surface area (Å²) >= 11 is 0. The number of nitrogens with one attached hydrogen (secondary N) is 1. The average molecular weight is 483 g/mol. The number of benzene rings is 2. The van der Waals surface area contributed by atoms with Gasteiger partial charge in [0, 0.05) is 25.7 Å². The highest BCUT2D eigenvalue weighted by molar-refractivity contribution is 7.89. The lowest BCUT2D eigenvalue weighted by Gasteiger charge is -2.25. The van der Waals surface area contributed by atoms with Crippen molar-refractivity contribution in [2.75, 3.05) is 39.5 Å². The number of sulfonamides is 2. The first kappa shape index (κ1) is 22.8. The molecule has 4 rings (SSSR count). The molecule has 2 aliphatic rings. The number of ether oxygens (including phenoxy) is 3. The van der Waals surface area contributed by atoms with E-state index in [1.165, 1.54) is 28.6 Å². The monoisotopic (exact) mass is 482 g/mol. The summed E-state index contributed by atoms with van der Waals surface area (Å²) in [5.41, 5.74) is 0. The third kappa shape index (κ3) is 5.17. The first-order valence-corrected chi connectivity index (χ1v) is 13.4. The summed E-state index contributed by atoms with van der Waals surface area (Å²) in [6, 6.07) is 10.6. The topological polar surface area (TPSA) is 111 Å². The van der Waals surface area contributed by atoms with Crippen molar-refractivity contribution in [2.45, 2.75) is 29.1 Å². The summed E-state index contributed by atoms with van der Waals surface area (Å²) in [6.45, 7) is 2.02. The molecule has 0 bridgehead atoms. The summed E-state index contributed by atoms with van der Waals surface area (Å²) < 4.78 is 70.8. The van der Waals surface area contributed by atoms with Crippen molar-refractivity contribution in [3.63, 3.8) is 0 Å². The van der Waals surface area contributed by atoms with Crippen LogP contribution in [0.1, 0.15) is 19.3 Å². The third-order valence-corrected chi connectivity index (χ3v) is 8.63. The number of hydrogen-bond acceptors (Lipinski definition) is 7. The summed E-state index contributed by atoms with van der Waals surface area (Å²) in [5, 5.41) is 0. The Kier molecular flexibility index (Phi) is 6.89. The summed E-state index contributed by atoms with van der Waals surface area (Å²) in [5.74, 6) is 1.38. The fourth-order valence-electron chi connectivity index (χ4n) is 3.58. The highest BCUT2D eigenvalue weighted by Crippen LogP contribution is 2.32. The van der Waals surface area contributed by atoms with Crippen LogP contribution in [0.3, 0.4) is 0 Å². The molecule has 0 radical (unpaired) electrons. The van der Waals surface area contributed by atoms with Crippen LogP contribution in [-0.2, 0) is 20.0 Å². The largest absolute Gasteiger partial charge is 0.492 e. The Morgan fingerprint density at radius 2 is 1.50 bits per heavy atom. The zero-order valence-electron chi connectivity index (χ0n) is 17.5. The zero-order valence-corrected chi connectivity index (χ0v) is 19.2. The van der Waals surface area contributed by atoms with Gasteiger partial charge in [0.15, 0.2) is 11.5 Å². The minimum absolute atomic E-state index is 0.0462. The van der Waals surface area contributed by atoms with E-state index in [0.29, 0.717) is 43.6 Å². The molecule has 1 N–H and O–H groups in total. The van der Waals surface area contributed by atoms with Gasteiger partial charge in [-0.15, -0.1) is 0 Å². The van der Waals surface area contributed by atoms with Crippen LogP contribution in [0, 0.1) is 0 Å². The molecule has 9 nitrogen and oxygen atoms in total. The first-order valence-electron chi connectivity index (χ1n) is 10.5. The minimum Gasteiger partial charge on any atom is -0.492 e. The molecule has 2 aromatic carbocycles. The lowest BCUT2D eigenvalue weighted by Crippen LogP contribution is -2.35. The molecule has 0 saturated carbocycles. The highest BCUT2D eigenvalue weighted by atomic mass is 32.2. The van der Waals surface area contributed by atoms with Crippen LogP contribution in [0.2, 0.25) is 0 Å². The molecule has 2 aromatic rings. The average Bonchev–Trinajstić information content (AvgIpc) is 2.82. The van der Waals surface area contributed by atoms with Gasteiger partial charge in [-0.3, -0.25) is 0 Å². The Morgan fingerprint density at radius 3 is 2.22 bits per heavy atom. The summed E-state index contributed by atoms with van der Waals surface area (Å²) in [4.78, 5) is 0.306.